The summed E-state index contributed by atoms with van der Waals surface area (Å²) in [6.07, 6.45) is 3.23. The number of carbonyl (C=O) groups excluding carboxylic acids is 1. The molecule has 0 saturated carbocycles. The van der Waals surface area contributed by atoms with Crippen LogP contribution >= 0.6 is 11.3 Å². The summed E-state index contributed by atoms with van der Waals surface area (Å²) in [5.41, 5.74) is 2.18. The van der Waals surface area contributed by atoms with E-state index in [1.165, 1.54) is 6.33 Å². The molecule has 1 unspecified atom stereocenters. The highest BCUT2D eigenvalue weighted by atomic mass is 32.2. The number of nitrogens with zero attached hydrogens (tertiary/aromatic N) is 3. The van der Waals surface area contributed by atoms with Crippen molar-refractivity contribution in [3.05, 3.63) is 95.9 Å². The Kier molecular flexibility index (Phi) is 6.62. The highest BCUT2D eigenvalue weighted by molar-refractivity contribution is 7.94. The van der Waals surface area contributed by atoms with Crippen LogP contribution < -0.4 is 10.0 Å². The minimum atomic E-state index is -3.60. The van der Waals surface area contributed by atoms with E-state index in [-0.39, 0.29) is 22.6 Å². The van der Waals surface area contributed by atoms with E-state index in [1.807, 2.05) is 30.3 Å². The average molecular weight is 468 g/mol. The first-order valence-corrected chi connectivity index (χ1v) is 12.2. The Balaban J connectivity index is 1.40. The van der Waals surface area contributed by atoms with Gasteiger partial charge in [0.25, 0.3) is 10.0 Å². The lowest BCUT2D eigenvalue weighted by Crippen LogP contribution is -2.32. The lowest BCUT2D eigenvalue weighted by atomic mass is 10.1. The van der Waals surface area contributed by atoms with Crippen LogP contribution in [-0.2, 0) is 27.8 Å². The number of rotatable bonds is 9. The first kappa shape index (κ1) is 21.7. The van der Waals surface area contributed by atoms with Gasteiger partial charge in [-0.1, -0.05) is 48.5 Å². The third-order valence-corrected chi connectivity index (χ3v) is 7.48. The predicted molar refractivity (Wildman–Crippen MR) is 123 cm³/mol. The zero-order chi connectivity index (χ0) is 22.4. The Morgan fingerprint density at radius 3 is 2.47 bits per heavy atom. The summed E-state index contributed by atoms with van der Waals surface area (Å²) in [6.45, 7) is 0.458. The molecule has 2 aromatic carbocycles. The second-order valence-electron chi connectivity index (χ2n) is 7.06. The van der Waals surface area contributed by atoms with Crippen molar-refractivity contribution >= 4 is 33.0 Å². The van der Waals surface area contributed by atoms with Gasteiger partial charge in [-0.3, -0.25) is 14.2 Å². The fourth-order valence-corrected chi connectivity index (χ4v) is 5.23. The summed E-state index contributed by atoms with van der Waals surface area (Å²) < 4.78 is 29.1. The number of anilines is 1. The number of hydrogen-bond donors (Lipinski definition) is 2. The molecule has 32 heavy (non-hydrogen) atoms. The smallest absolute Gasteiger partial charge is 0.271 e. The summed E-state index contributed by atoms with van der Waals surface area (Å²) in [7, 11) is -3.60. The predicted octanol–water partition coefficient (Wildman–Crippen LogP) is 3.24. The van der Waals surface area contributed by atoms with Gasteiger partial charge in [0.15, 0.2) is 0 Å². The summed E-state index contributed by atoms with van der Waals surface area (Å²) in [5, 5.41) is 8.89. The van der Waals surface area contributed by atoms with E-state index < -0.39 is 10.0 Å². The van der Waals surface area contributed by atoms with Gasteiger partial charge in [0.2, 0.25) is 5.91 Å². The maximum atomic E-state index is 12.7. The van der Waals surface area contributed by atoms with Crippen LogP contribution in [0, 0.1) is 0 Å². The molecule has 2 N–H and O–H groups in total. The van der Waals surface area contributed by atoms with E-state index in [0.717, 1.165) is 22.5 Å². The number of nitrogens with one attached hydrogen (secondary N) is 2. The molecule has 4 aromatic rings. The van der Waals surface area contributed by atoms with Crippen molar-refractivity contribution in [3.8, 4) is 0 Å². The minimum Gasteiger partial charge on any atom is -0.347 e. The Morgan fingerprint density at radius 2 is 1.81 bits per heavy atom. The number of benzene rings is 2. The summed E-state index contributed by atoms with van der Waals surface area (Å²) >= 11 is 1.15. The van der Waals surface area contributed by atoms with Crippen molar-refractivity contribution in [2.24, 2.45) is 0 Å². The van der Waals surface area contributed by atoms with Crippen LogP contribution in [0.15, 0.2) is 89.0 Å². The van der Waals surface area contributed by atoms with Crippen LogP contribution in [0.25, 0.3) is 0 Å². The van der Waals surface area contributed by atoms with Gasteiger partial charge in [0, 0.05) is 5.69 Å². The zero-order valence-corrected chi connectivity index (χ0v) is 18.6. The fraction of sp³-hybridized carbons (Fsp3) is 0.136. The lowest BCUT2D eigenvalue weighted by molar-refractivity contribution is -0.121. The standard InChI is InChI=1S/C22H21N5O3S2/c28-21(25-20(14-27-16-23-15-24-27)18-5-2-1-3-6-18)13-17-8-10-19(11-9-17)26-32(29,30)22-7-4-12-31-22/h1-12,15-16,20,26H,13-14H2,(H,25,28). The second kappa shape index (κ2) is 9.75. The molecule has 2 aromatic heterocycles. The molecule has 4 rings (SSSR count). The molecule has 0 radical (unpaired) electrons. The van der Waals surface area contributed by atoms with Gasteiger partial charge < -0.3 is 5.32 Å². The molecule has 8 nitrogen and oxygen atoms in total. The second-order valence-corrected chi connectivity index (χ2v) is 9.92. The minimum absolute atomic E-state index is 0.147. The quantitative estimate of drug-likeness (QED) is 0.393. The van der Waals surface area contributed by atoms with E-state index in [4.69, 9.17) is 0 Å². The average Bonchev–Trinajstić information content (AvgIpc) is 3.50. The summed E-state index contributed by atoms with van der Waals surface area (Å²) in [4.78, 5) is 16.7. The van der Waals surface area contributed by atoms with Crippen molar-refractivity contribution in [2.45, 2.75) is 23.2 Å². The maximum Gasteiger partial charge on any atom is 0.271 e. The van der Waals surface area contributed by atoms with Crippen LogP contribution in [0.2, 0.25) is 0 Å². The molecule has 0 aliphatic rings. The van der Waals surface area contributed by atoms with Gasteiger partial charge in [0.05, 0.1) is 19.0 Å². The summed E-state index contributed by atoms with van der Waals surface area (Å²) in [6, 6.07) is 19.4. The Labute approximate surface area is 190 Å². The number of carbonyl (C=O) groups is 1. The Bertz CT molecular complexity index is 1240. The van der Waals surface area contributed by atoms with Gasteiger partial charge in [-0.25, -0.2) is 13.4 Å². The molecule has 1 atom stereocenters. The highest BCUT2D eigenvalue weighted by Gasteiger charge is 2.17. The molecule has 1 amide bonds. The third kappa shape index (κ3) is 5.59. The molecule has 164 valence electrons. The molecular weight excluding hydrogens is 446 g/mol. The number of sulfonamides is 1. The molecule has 0 aliphatic carbocycles. The maximum absolute atomic E-state index is 12.7. The number of amides is 1. The lowest BCUT2D eigenvalue weighted by Gasteiger charge is -2.19. The van der Waals surface area contributed by atoms with E-state index in [2.05, 4.69) is 20.1 Å². The van der Waals surface area contributed by atoms with Crippen molar-refractivity contribution in [2.75, 3.05) is 4.72 Å². The third-order valence-electron chi connectivity index (χ3n) is 4.70. The monoisotopic (exact) mass is 467 g/mol. The Morgan fingerprint density at radius 1 is 1.03 bits per heavy atom. The van der Waals surface area contributed by atoms with E-state index >= 15 is 0 Å². The van der Waals surface area contributed by atoms with E-state index in [1.54, 1.807) is 52.8 Å². The van der Waals surface area contributed by atoms with Crippen LogP contribution in [-0.4, -0.2) is 29.1 Å². The Hall–Kier alpha value is -3.50. The number of thiophene rings is 1. The van der Waals surface area contributed by atoms with Crippen LogP contribution in [0.5, 0.6) is 0 Å². The van der Waals surface area contributed by atoms with Gasteiger partial charge in [-0.2, -0.15) is 5.10 Å². The van der Waals surface area contributed by atoms with Crippen LogP contribution in [0.1, 0.15) is 17.2 Å². The molecule has 0 spiro atoms. The van der Waals surface area contributed by atoms with Crippen LogP contribution in [0.3, 0.4) is 0 Å². The molecule has 0 bridgehead atoms. The molecule has 0 fully saturated rings. The van der Waals surface area contributed by atoms with Crippen molar-refractivity contribution in [1.29, 1.82) is 0 Å². The van der Waals surface area contributed by atoms with Gasteiger partial charge in [0.1, 0.15) is 16.9 Å². The fourth-order valence-electron chi connectivity index (χ4n) is 3.18. The zero-order valence-electron chi connectivity index (χ0n) is 17.0. The molecule has 2 heterocycles. The van der Waals surface area contributed by atoms with Crippen LogP contribution in [0.4, 0.5) is 5.69 Å². The van der Waals surface area contributed by atoms with Crippen molar-refractivity contribution in [1.82, 2.24) is 20.1 Å². The topological polar surface area (TPSA) is 106 Å². The normalized spacial score (nSPS) is 12.2. The first-order chi connectivity index (χ1) is 15.5. The highest BCUT2D eigenvalue weighted by Crippen LogP contribution is 2.21. The SMILES string of the molecule is O=C(Cc1ccc(NS(=O)(=O)c2cccs2)cc1)NC(Cn1cncn1)c1ccccc1. The van der Waals surface area contributed by atoms with Gasteiger partial charge in [-0.05, 0) is 34.7 Å². The molecule has 0 saturated heterocycles. The number of hydrogen-bond acceptors (Lipinski definition) is 6. The summed E-state index contributed by atoms with van der Waals surface area (Å²) in [5.74, 6) is -0.147. The van der Waals surface area contributed by atoms with Gasteiger partial charge >= 0.3 is 0 Å². The number of aromatic nitrogens is 3. The van der Waals surface area contributed by atoms with Crippen molar-refractivity contribution < 1.29 is 13.2 Å². The first-order valence-electron chi connectivity index (χ1n) is 9.81. The molecular formula is C22H21N5O3S2. The largest absolute Gasteiger partial charge is 0.347 e. The molecule has 0 aliphatic heterocycles. The van der Waals surface area contributed by atoms with Crippen molar-refractivity contribution in [3.63, 3.8) is 0 Å². The van der Waals surface area contributed by atoms with E-state index in [0.29, 0.717) is 12.2 Å². The van der Waals surface area contributed by atoms with E-state index in [9.17, 15) is 13.2 Å². The molecule has 10 heteroatoms. The van der Waals surface area contributed by atoms with Gasteiger partial charge in [-0.15, -0.1) is 11.3 Å².